The van der Waals surface area contributed by atoms with Crippen LogP contribution in [-0.4, -0.2) is 0 Å². The fourth-order valence-electron chi connectivity index (χ4n) is 2.37. The first-order valence-electron chi connectivity index (χ1n) is 8.21. The van der Waals surface area contributed by atoms with E-state index in [0.717, 1.165) is 6.42 Å². The molecule has 1 heteroatoms. The van der Waals surface area contributed by atoms with Crippen LogP contribution < -0.4 is 18.9 Å². The summed E-state index contributed by atoms with van der Waals surface area (Å²) >= 11 is 0. The molecule has 0 unspecified atom stereocenters. The zero-order chi connectivity index (χ0) is 12.6. The molecule has 0 spiro atoms. The molecule has 0 bridgehead atoms. The monoisotopic (exact) mass is 246 g/mol. The molecular weight excluding hydrogens is 211 g/mol. The topological polar surface area (TPSA) is 0 Å². The molecule has 0 saturated heterocycles. The first-order valence-corrected chi connectivity index (χ1v) is 8.21. The molecule has 0 rings (SSSR count). The van der Waals surface area contributed by atoms with Crippen molar-refractivity contribution in [1.82, 2.24) is 0 Å². The molecule has 0 aliphatic carbocycles. The third kappa shape index (κ3) is 18.9. The fourth-order valence-corrected chi connectivity index (χ4v) is 2.37. The Morgan fingerprint density at radius 1 is 0.500 bits per heavy atom. The number of hydrogen-bond donors (Lipinski definition) is 0. The Bertz CT molecular complexity index is 109. The standard InChI is InChI=1S/C17H35.Li/c1-3-5-7-9-11-13-15-17-16-14-12-10-8-6-4-2;/h1,3-17H2,2H3;/q-1;+1. The second-order valence-corrected chi connectivity index (χ2v) is 5.45. The van der Waals surface area contributed by atoms with Gasteiger partial charge in [0.05, 0.1) is 0 Å². The van der Waals surface area contributed by atoms with Crippen LogP contribution in [0.4, 0.5) is 0 Å². The zero-order valence-corrected chi connectivity index (χ0v) is 13.3. The molecule has 0 aliphatic rings. The van der Waals surface area contributed by atoms with Gasteiger partial charge in [0.1, 0.15) is 0 Å². The van der Waals surface area contributed by atoms with Crippen LogP contribution in [0.2, 0.25) is 0 Å². The Hall–Kier alpha value is 0.597. The van der Waals surface area contributed by atoms with E-state index in [2.05, 4.69) is 13.8 Å². The van der Waals surface area contributed by atoms with Gasteiger partial charge in [-0.2, -0.15) is 6.42 Å². The summed E-state index contributed by atoms with van der Waals surface area (Å²) in [6, 6.07) is 0. The third-order valence-corrected chi connectivity index (χ3v) is 3.60. The van der Waals surface area contributed by atoms with Gasteiger partial charge >= 0.3 is 18.9 Å². The summed E-state index contributed by atoms with van der Waals surface area (Å²) in [5.41, 5.74) is 0. The van der Waals surface area contributed by atoms with Gasteiger partial charge < -0.3 is 6.92 Å². The van der Waals surface area contributed by atoms with E-state index in [1.165, 1.54) is 89.9 Å². The molecule has 0 radical (unpaired) electrons. The van der Waals surface area contributed by atoms with Gasteiger partial charge in [-0.15, -0.1) is 0 Å². The van der Waals surface area contributed by atoms with Gasteiger partial charge in [-0.3, -0.25) is 0 Å². The van der Waals surface area contributed by atoms with E-state index in [-0.39, 0.29) is 18.9 Å². The van der Waals surface area contributed by atoms with Crippen molar-refractivity contribution in [2.75, 3.05) is 0 Å². The molecular formula is C17H35Li. The quantitative estimate of drug-likeness (QED) is 0.249. The van der Waals surface area contributed by atoms with Crippen molar-refractivity contribution in [3.8, 4) is 0 Å². The van der Waals surface area contributed by atoms with Gasteiger partial charge in [-0.05, 0) is 0 Å². The zero-order valence-electron chi connectivity index (χ0n) is 13.3. The second-order valence-electron chi connectivity index (χ2n) is 5.45. The Morgan fingerprint density at radius 2 is 0.778 bits per heavy atom. The van der Waals surface area contributed by atoms with E-state index < -0.39 is 0 Å². The third-order valence-electron chi connectivity index (χ3n) is 3.60. The Morgan fingerprint density at radius 3 is 1.06 bits per heavy atom. The van der Waals surface area contributed by atoms with Crippen molar-refractivity contribution in [3.63, 3.8) is 0 Å². The normalized spacial score (nSPS) is 10.3. The van der Waals surface area contributed by atoms with Crippen LogP contribution in [0.15, 0.2) is 0 Å². The SMILES string of the molecule is [CH2-]CCCCCCCCCCCCCCCC.[Li+]. The van der Waals surface area contributed by atoms with Crippen LogP contribution >= 0.6 is 0 Å². The summed E-state index contributed by atoms with van der Waals surface area (Å²) in [6.45, 7) is 6.17. The van der Waals surface area contributed by atoms with Crippen LogP contribution in [0.3, 0.4) is 0 Å². The maximum atomic E-state index is 3.88. The van der Waals surface area contributed by atoms with E-state index in [1.807, 2.05) is 0 Å². The summed E-state index contributed by atoms with van der Waals surface area (Å²) in [7, 11) is 0. The predicted octanol–water partition coefficient (Wildman–Crippen LogP) is 3.70. The van der Waals surface area contributed by atoms with Gasteiger partial charge in [0.25, 0.3) is 0 Å². The number of unbranched alkanes of at least 4 members (excludes halogenated alkanes) is 14. The molecule has 0 aromatic rings. The van der Waals surface area contributed by atoms with Crippen molar-refractivity contribution in [2.24, 2.45) is 0 Å². The molecule has 0 aliphatic heterocycles. The number of rotatable bonds is 14. The van der Waals surface area contributed by atoms with Crippen LogP contribution in [0.25, 0.3) is 0 Å². The van der Waals surface area contributed by atoms with Crippen molar-refractivity contribution < 1.29 is 18.9 Å². The second kappa shape index (κ2) is 19.9. The van der Waals surface area contributed by atoms with E-state index in [9.17, 15) is 0 Å². The predicted molar refractivity (Wildman–Crippen MR) is 80.3 cm³/mol. The molecule has 0 aromatic carbocycles. The van der Waals surface area contributed by atoms with Crippen molar-refractivity contribution >= 4 is 0 Å². The molecule has 0 heterocycles. The molecule has 0 atom stereocenters. The van der Waals surface area contributed by atoms with Gasteiger partial charge in [-0.25, -0.2) is 0 Å². The van der Waals surface area contributed by atoms with Crippen molar-refractivity contribution in [2.45, 2.75) is 103 Å². The van der Waals surface area contributed by atoms with E-state index in [1.54, 1.807) is 0 Å². The molecule has 18 heavy (non-hydrogen) atoms. The average molecular weight is 246 g/mol. The summed E-state index contributed by atoms with van der Waals surface area (Å²) in [6.07, 6.45) is 21.3. The first-order chi connectivity index (χ1) is 8.41. The molecule has 0 N–H and O–H groups in total. The minimum absolute atomic E-state index is 0. The van der Waals surface area contributed by atoms with E-state index >= 15 is 0 Å². The molecule has 104 valence electrons. The average Bonchev–Trinajstić information content (AvgIpc) is 2.35. The summed E-state index contributed by atoms with van der Waals surface area (Å²) in [5, 5.41) is 0. The van der Waals surface area contributed by atoms with Crippen LogP contribution in [0.1, 0.15) is 103 Å². The molecule has 0 saturated carbocycles. The van der Waals surface area contributed by atoms with Crippen LogP contribution in [0, 0.1) is 6.92 Å². The Kier molecular flexibility index (Phi) is 23.1. The largest absolute Gasteiger partial charge is 1.00 e. The molecule has 0 amide bonds. The van der Waals surface area contributed by atoms with Crippen LogP contribution in [-0.2, 0) is 0 Å². The number of hydrogen-bond acceptors (Lipinski definition) is 0. The first kappa shape index (κ1) is 20.9. The maximum absolute atomic E-state index is 3.88. The smallest absolute Gasteiger partial charge is 0.343 e. The van der Waals surface area contributed by atoms with Gasteiger partial charge in [0.15, 0.2) is 0 Å². The summed E-state index contributed by atoms with van der Waals surface area (Å²) in [5.74, 6) is 0. The minimum atomic E-state index is 0. The fraction of sp³-hybridized carbons (Fsp3) is 0.941. The summed E-state index contributed by atoms with van der Waals surface area (Å²) < 4.78 is 0. The maximum Gasteiger partial charge on any atom is 1.00 e. The molecule has 0 fully saturated rings. The van der Waals surface area contributed by atoms with Crippen LogP contribution in [0.5, 0.6) is 0 Å². The Labute approximate surface area is 129 Å². The molecule has 0 aromatic heterocycles. The van der Waals surface area contributed by atoms with Gasteiger partial charge in [0.2, 0.25) is 0 Å². The van der Waals surface area contributed by atoms with E-state index in [0.29, 0.717) is 0 Å². The summed E-state index contributed by atoms with van der Waals surface area (Å²) in [4.78, 5) is 0. The van der Waals surface area contributed by atoms with Crippen molar-refractivity contribution in [1.29, 1.82) is 0 Å². The Balaban J connectivity index is 0. The van der Waals surface area contributed by atoms with Gasteiger partial charge in [0, 0.05) is 0 Å². The van der Waals surface area contributed by atoms with Crippen molar-refractivity contribution in [3.05, 3.63) is 6.92 Å². The van der Waals surface area contributed by atoms with E-state index in [4.69, 9.17) is 0 Å². The van der Waals surface area contributed by atoms with Gasteiger partial charge in [-0.1, -0.05) is 96.8 Å². The minimum Gasteiger partial charge on any atom is -0.343 e. The molecule has 0 nitrogen and oxygen atoms in total.